The summed E-state index contributed by atoms with van der Waals surface area (Å²) in [6.07, 6.45) is 1.75. The van der Waals surface area contributed by atoms with E-state index in [1.165, 1.54) is 11.1 Å². The van der Waals surface area contributed by atoms with E-state index in [-0.39, 0.29) is 38.0 Å². The van der Waals surface area contributed by atoms with E-state index in [1.54, 1.807) is 12.3 Å². The summed E-state index contributed by atoms with van der Waals surface area (Å²) in [5, 5.41) is 25.3. The fourth-order valence-electron chi connectivity index (χ4n) is 5.94. The van der Waals surface area contributed by atoms with Crippen molar-refractivity contribution in [3.8, 4) is 33.9 Å². The van der Waals surface area contributed by atoms with Gasteiger partial charge in [0.2, 0.25) is 0 Å². The van der Waals surface area contributed by atoms with Crippen molar-refractivity contribution < 1.29 is 31.3 Å². The molecule has 0 aliphatic heterocycles. The molecule has 7 rings (SSSR count). The maximum absolute atomic E-state index is 11.2. The predicted molar refractivity (Wildman–Crippen MR) is 159 cm³/mol. The number of phenolic OH excluding ortho intramolecular Hbond substituents is 2. The summed E-state index contributed by atoms with van der Waals surface area (Å²) in [4.78, 5) is 9.77. The number of nitrogens with zero attached hydrogens (tertiary/aromatic N) is 2. The number of pyridine rings is 1. The molecule has 6 aromatic rings. The first kappa shape index (κ1) is 26.0. The van der Waals surface area contributed by atoms with Crippen LogP contribution in [0.1, 0.15) is 30.7 Å². The van der Waals surface area contributed by atoms with E-state index in [0.29, 0.717) is 28.0 Å². The van der Waals surface area contributed by atoms with Crippen molar-refractivity contribution in [2.45, 2.75) is 19.3 Å². The molecule has 40 heavy (non-hydrogen) atoms. The van der Waals surface area contributed by atoms with E-state index in [4.69, 9.17) is 9.98 Å². The minimum absolute atomic E-state index is 0. The van der Waals surface area contributed by atoms with Gasteiger partial charge in [-0.15, -0.1) is 0 Å². The van der Waals surface area contributed by atoms with Crippen LogP contribution in [0.4, 0.5) is 5.69 Å². The minimum Gasteiger partial charge on any atom is -0.507 e. The molecule has 0 unspecified atom stereocenters. The maximum atomic E-state index is 11.2. The van der Waals surface area contributed by atoms with Crippen molar-refractivity contribution in [3.63, 3.8) is 0 Å². The number of hydrogen-bond donors (Lipinski definition) is 2. The van der Waals surface area contributed by atoms with Gasteiger partial charge in [0.15, 0.2) is 0 Å². The van der Waals surface area contributed by atoms with Gasteiger partial charge < -0.3 is 10.2 Å². The molecule has 0 atom stereocenters. The van der Waals surface area contributed by atoms with Crippen molar-refractivity contribution in [2.75, 3.05) is 0 Å². The van der Waals surface area contributed by atoms with Crippen LogP contribution in [0.25, 0.3) is 43.9 Å². The number of rotatable bonds is 3. The van der Waals surface area contributed by atoms with Crippen LogP contribution in [0.15, 0.2) is 108 Å². The molecule has 2 N–H and O–H groups in total. The van der Waals surface area contributed by atoms with Crippen LogP contribution in [0.5, 0.6) is 11.5 Å². The van der Waals surface area contributed by atoms with E-state index in [2.05, 4.69) is 38.1 Å². The Morgan fingerprint density at radius 2 is 1.40 bits per heavy atom. The molecule has 1 aromatic heterocycles. The molecule has 0 bridgehead atoms. The molecule has 1 heterocycles. The summed E-state index contributed by atoms with van der Waals surface area (Å²) in [6, 6.07) is 33.7. The fourth-order valence-corrected chi connectivity index (χ4v) is 5.94. The Kier molecular flexibility index (Phi) is 6.32. The van der Waals surface area contributed by atoms with Gasteiger partial charge in [-0.2, -0.15) is 0 Å². The molecule has 0 spiro atoms. The van der Waals surface area contributed by atoms with E-state index in [0.717, 1.165) is 27.3 Å². The van der Waals surface area contributed by atoms with Gasteiger partial charge in [-0.1, -0.05) is 86.6 Å². The van der Waals surface area contributed by atoms with Crippen LogP contribution in [-0.4, -0.2) is 21.4 Å². The Labute approximate surface area is 247 Å². The Morgan fingerprint density at radius 3 is 2.25 bits per heavy atom. The Hall–Kier alpha value is -4.27. The first-order valence-electron chi connectivity index (χ1n) is 13.0. The number of hydrogen-bond acceptors (Lipinski definition) is 4. The van der Waals surface area contributed by atoms with E-state index in [1.807, 2.05) is 72.8 Å². The van der Waals surface area contributed by atoms with Crippen LogP contribution in [-0.2, 0) is 26.5 Å². The minimum atomic E-state index is -0.189. The smallest absolute Gasteiger partial charge is 0.125 e. The fraction of sp³-hybridized carbons (Fsp3) is 0.0857. The SMILES string of the molecule is CC1(C)c2ccccc2-c2cc(O)c(-c3cc4ccccc4c(C=Nc4cccc5cccc(O)c45)n3)cc21.[Pt]. The summed E-state index contributed by atoms with van der Waals surface area (Å²) in [5.41, 5.74) is 7.21. The number of aromatic hydroxyl groups is 2. The Balaban J connectivity index is 0.00000289. The van der Waals surface area contributed by atoms with Gasteiger partial charge in [0.05, 0.1) is 23.3 Å². The largest absolute Gasteiger partial charge is 0.507 e. The number of aliphatic imine (C=N–C) groups is 1. The molecule has 1 aliphatic carbocycles. The van der Waals surface area contributed by atoms with Crippen LogP contribution < -0.4 is 0 Å². The van der Waals surface area contributed by atoms with Crippen molar-refractivity contribution in [1.82, 2.24) is 4.98 Å². The normalized spacial score (nSPS) is 13.3. The molecule has 0 saturated carbocycles. The third-order valence-electron chi connectivity index (χ3n) is 7.93. The van der Waals surface area contributed by atoms with Crippen molar-refractivity contribution >= 4 is 33.4 Å². The van der Waals surface area contributed by atoms with E-state index >= 15 is 0 Å². The van der Waals surface area contributed by atoms with Crippen molar-refractivity contribution in [3.05, 3.63) is 120 Å². The zero-order valence-electron chi connectivity index (χ0n) is 22.0. The van der Waals surface area contributed by atoms with Gasteiger partial charge in [0, 0.05) is 42.8 Å². The van der Waals surface area contributed by atoms with Crippen molar-refractivity contribution in [2.24, 2.45) is 4.99 Å². The van der Waals surface area contributed by atoms with Crippen LogP contribution in [0, 0.1) is 0 Å². The molecular formula is C35H26N2O2Pt. The van der Waals surface area contributed by atoms with Crippen LogP contribution >= 0.6 is 0 Å². The summed E-state index contributed by atoms with van der Waals surface area (Å²) in [6.45, 7) is 4.45. The number of aromatic nitrogens is 1. The zero-order chi connectivity index (χ0) is 26.7. The monoisotopic (exact) mass is 701 g/mol. The van der Waals surface area contributed by atoms with E-state index in [9.17, 15) is 10.2 Å². The van der Waals surface area contributed by atoms with Crippen LogP contribution in [0.3, 0.4) is 0 Å². The second-order valence-electron chi connectivity index (χ2n) is 10.6. The van der Waals surface area contributed by atoms with Crippen molar-refractivity contribution in [1.29, 1.82) is 0 Å². The average Bonchev–Trinajstić information content (AvgIpc) is 3.17. The first-order chi connectivity index (χ1) is 18.9. The van der Waals surface area contributed by atoms with Gasteiger partial charge in [0.1, 0.15) is 11.5 Å². The van der Waals surface area contributed by atoms with Gasteiger partial charge in [-0.3, -0.25) is 4.99 Å². The Bertz CT molecular complexity index is 1970. The summed E-state index contributed by atoms with van der Waals surface area (Å²) >= 11 is 0. The molecule has 5 heteroatoms. The second-order valence-corrected chi connectivity index (χ2v) is 10.6. The summed E-state index contributed by atoms with van der Waals surface area (Å²) < 4.78 is 0. The second kappa shape index (κ2) is 9.73. The predicted octanol–water partition coefficient (Wildman–Crippen LogP) is 8.52. The molecule has 1 aliphatic rings. The zero-order valence-corrected chi connectivity index (χ0v) is 24.3. The van der Waals surface area contributed by atoms with Gasteiger partial charge >= 0.3 is 0 Å². The molecule has 0 fully saturated rings. The number of benzene rings is 5. The van der Waals surface area contributed by atoms with E-state index < -0.39 is 0 Å². The van der Waals surface area contributed by atoms with Gasteiger partial charge in [-0.05, 0) is 63.4 Å². The summed E-state index contributed by atoms with van der Waals surface area (Å²) in [5.74, 6) is 0.393. The molecule has 5 aromatic carbocycles. The Morgan fingerprint density at radius 1 is 0.675 bits per heavy atom. The first-order valence-corrected chi connectivity index (χ1v) is 13.0. The molecule has 198 valence electrons. The third-order valence-corrected chi connectivity index (χ3v) is 7.93. The molecule has 0 amide bonds. The summed E-state index contributed by atoms with van der Waals surface area (Å²) in [7, 11) is 0. The quantitative estimate of drug-likeness (QED) is 0.182. The van der Waals surface area contributed by atoms with Gasteiger partial charge in [-0.25, -0.2) is 4.98 Å². The molecule has 0 radical (unpaired) electrons. The van der Waals surface area contributed by atoms with Crippen LogP contribution in [0.2, 0.25) is 0 Å². The number of fused-ring (bicyclic) bond motifs is 5. The molecule has 4 nitrogen and oxygen atoms in total. The topological polar surface area (TPSA) is 65.7 Å². The van der Waals surface area contributed by atoms with Gasteiger partial charge in [0.25, 0.3) is 0 Å². The third kappa shape index (κ3) is 4.03. The molecular weight excluding hydrogens is 675 g/mol. The number of phenols is 2. The molecule has 0 saturated heterocycles. The maximum Gasteiger partial charge on any atom is 0.125 e. The average molecular weight is 702 g/mol. The standard InChI is InChI=1S/C35H26N2O2.Pt/c1-35(2)27-14-6-5-13-24(27)25-19-33(39)26(18-28(25)35)30-17-22-9-3-4-12-23(22)31(37-30)20-36-29-15-7-10-21-11-8-16-32(38)34(21)29;/h3-20,38-39H,1-2H3;.